The van der Waals surface area contributed by atoms with Crippen LogP contribution in [-0.4, -0.2) is 68.5 Å². The van der Waals surface area contributed by atoms with Gasteiger partial charge in [0.25, 0.3) is 0 Å². The Morgan fingerprint density at radius 3 is 2.33 bits per heavy atom. The topological polar surface area (TPSA) is 109 Å². The summed E-state index contributed by atoms with van der Waals surface area (Å²) in [6, 6.07) is 11.2. The molecule has 4 aromatic rings. The van der Waals surface area contributed by atoms with E-state index < -0.39 is 23.0 Å². The molecule has 10 nitrogen and oxygen atoms in total. The largest absolute Gasteiger partial charge is 0.494 e. The zero-order valence-corrected chi connectivity index (χ0v) is 24.0. The molecule has 0 spiro atoms. The average molecular weight is 592 g/mol. The van der Waals surface area contributed by atoms with E-state index in [9.17, 15) is 18.4 Å². The van der Waals surface area contributed by atoms with E-state index in [1.165, 1.54) is 26.4 Å². The summed E-state index contributed by atoms with van der Waals surface area (Å²) < 4.78 is 45.3. The highest BCUT2D eigenvalue weighted by atomic mass is 19.1. The molecule has 5 rings (SSSR count). The number of likely N-dealkylation sites (N-methyl/N-ethyl adjacent to an activating group) is 1. The van der Waals surface area contributed by atoms with Crippen molar-refractivity contribution < 1.29 is 32.3 Å². The van der Waals surface area contributed by atoms with Gasteiger partial charge >= 0.3 is 0 Å². The number of benzene rings is 2. The molecule has 1 amide bonds. The number of ketones is 1. The first-order valence-electron chi connectivity index (χ1n) is 13.6. The second-order valence-corrected chi connectivity index (χ2v) is 9.77. The van der Waals surface area contributed by atoms with Crippen LogP contribution in [0, 0.1) is 11.6 Å². The van der Waals surface area contributed by atoms with Gasteiger partial charge in [0, 0.05) is 44.0 Å². The van der Waals surface area contributed by atoms with Gasteiger partial charge in [0.15, 0.2) is 34.5 Å². The normalized spacial score (nSPS) is 13.6. The van der Waals surface area contributed by atoms with Gasteiger partial charge in [-0.25, -0.2) is 13.8 Å². The van der Waals surface area contributed by atoms with E-state index in [0.29, 0.717) is 17.2 Å². The number of nitrogens with one attached hydrogen (secondary N) is 2. The van der Waals surface area contributed by atoms with Gasteiger partial charge in [-0.1, -0.05) is 13.5 Å². The monoisotopic (exact) mass is 591 g/mol. The Kier molecular flexibility index (Phi) is 8.58. The number of rotatable bonds is 10. The van der Waals surface area contributed by atoms with E-state index in [2.05, 4.69) is 38.9 Å². The lowest BCUT2D eigenvalue weighted by atomic mass is 10.1. The fourth-order valence-electron chi connectivity index (χ4n) is 4.90. The van der Waals surface area contributed by atoms with Crippen LogP contribution in [0.2, 0.25) is 0 Å². The van der Waals surface area contributed by atoms with E-state index in [-0.39, 0.29) is 34.3 Å². The number of furan rings is 1. The van der Waals surface area contributed by atoms with E-state index in [4.69, 9.17) is 13.9 Å². The SMILES string of the molecule is C=CC(=O)Nc1cc(N2CCN(CC)CC2)ccc1Nc1ccc2oc(C(=O)c3c(F)c(OC)cc(OC)c3F)cc2n1. The number of ether oxygens (including phenoxy) is 2. The third-order valence-electron chi connectivity index (χ3n) is 7.29. The van der Waals surface area contributed by atoms with Crippen molar-refractivity contribution in [3.05, 3.63) is 78.1 Å². The van der Waals surface area contributed by atoms with Gasteiger partial charge in [-0.15, -0.1) is 0 Å². The van der Waals surface area contributed by atoms with E-state index in [1.54, 1.807) is 12.1 Å². The first-order valence-corrected chi connectivity index (χ1v) is 13.6. The van der Waals surface area contributed by atoms with Gasteiger partial charge in [0.1, 0.15) is 16.9 Å². The molecular formula is C31H31F2N5O5. The Labute approximate surface area is 246 Å². The number of carbonyl (C=O) groups is 2. The number of amides is 1. The van der Waals surface area contributed by atoms with Gasteiger partial charge in [-0.2, -0.15) is 0 Å². The summed E-state index contributed by atoms with van der Waals surface area (Å²) in [5.74, 6) is -4.40. The van der Waals surface area contributed by atoms with Crippen molar-refractivity contribution in [2.45, 2.75) is 6.92 Å². The lowest BCUT2D eigenvalue weighted by Crippen LogP contribution is -2.46. The maximum Gasteiger partial charge on any atom is 0.247 e. The Bertz CT molecular complexity index is 1670. The highest BCUT2D eigenvalue weighted by molar-refractivity contribution is 6.09. The number of aromatic nitrogens is 1. The smallest absolute Gasteiger partial charge is 0.247 e. The standard InChI is InChI=1S/C31H31F2N5O5/c1-5-27(39)36-20-15-18(38-13-11-37(6-2)12-14-38)7-8-19(20)34-26-10-9-22-21(35-26)16-25(43-22)31(40)28-29(32)23(41-3)17-24(42-4)30(28)33/h5,7-10,15-17H,1,6,11-14H2,2-4H3,(H,34,35)(H,36,39). The first-order chi connectivity index (χ1) is 20.8. The number of halogens is 2. The third kappa shape index (κ3) is 6.00. The average Bonchev–Trinajstić information content (AvgIpc) is 3.45. The van der Waals surface area contributed by atoms with Crippen LogP contribution in [0.1, 0.15) is 23.0 Å². The summed E-state index contributed by atoms with van der Waals surface area (Å²) in [5, 5.41) is 6.04. The molecule has 224 valence electrons. The van der Waals surface area contributed by atoms with Crippen molar-refractivity contribution in [2.24, 2.45) is 0 Å². The quantitative estimate of drug-likeness (QED) is 0.186. The molecule has 3 heterocycles. The first kappa shape index (κ1) is 29.5. The number of pyridine rings is 1. The van der Waals surface area contributed by atoms with Crippen LogP contribution in [-0.2, 0) is 4.79 Å². The van der Waals surface area contributed by atoms with E-state index >= 15 is 0 Å². The van der Waals surface area contributed by atoms with Crippen LogP contribution in [0.3, 0.4) is 0 Å². The van der Waals surface area contributed by atoms with Gasteiger partial charge in [0.05, 0.1) is 25.6 Å². The van der Waals surface area contributed by atoms with Crippen molar-refractivity contribution in [2.75, 3.05) is 62.5 Å². The highest BCUT2D eigenvalue weighted by Crippen LogP contribution is 2.35. The van der Waals surface area contributed by atoms with E-state index in [1.807, 2.05) is 18.2 Å². The van der Waals surface area contributed by atoms with Crippen molar-refractivity contribution in [1.29, 1.82) is 0 Å². The lowest BCUT2D eigenvalue weighted by Gasteiger charge is -2.35. The predicted octanol–water partition coefficient (Wildman–Crippen LogP) is 5.36. The summed E-state index contributed by atoms with van der Waals surface area (Å²) in [7, 11) is 2.39. The summed E-state index contributed by atoms with van der Waals surface area (Å²) in [4.78, 5) is 34.5. The maximum absolute atomic E-state index is 14.9. The molecule has 1 aliphatic rings. The van der Waals surface area contributed by atoms with Crippen LogP contribution in [0.4, 0.5) is 31.7 Å². The number of anilines is 4. The Morgan fingerprint density at radius 1 is 1.00 bits per heavy atom. The molecule has 43 heavy (non-hydrogen) atoms. The van der Waals surface area contributed by atoms with Crippen molar-refractivity contribution in [3.63, 3.8) is 0 Å². The molecule has 0 bridgehead atoms. The number of methoxy groups -OCH3 is 2. The molecule has 0 aliphatic carbocycles. The number of hydrogen-bond acceptors (Lipinski definition) is 9. The second-order valence-electron chi connectivity index (χ2n) is 9.77. The molecule has 2 aromatic carbocycles. The molecular weight excluding hydrogens is 560 g/mol. The van der Waals surface area contributed by atoms with Gasteiger partial charge in [-0.05, 0) is 43.0 Å². The summed E-state index contributed by atoms with van der Waals surface area (Å²) in [6.45, 7) is 10.3. The molecule has 1 fully saturated rings. The minimum Gasteiger partial charge on any atom is -0.494 e. The molecule has 0 atom stereocenters. The number of carbonyl (C=O) groups excluding carboxylic acids is 2. The predicted molar refractivity (Wildman–Crippen MR) is 160 cm³/mol. The van der Waals surface area contributed by atoms with Gasteiger partial charge in [0.2, 0.25) is 11.7 Å². The minimum absolute atomic E-state index is 0.228. The summed E-state index contributed by atoms with van der Waals surface area (Å²) in [6.07, 6.45) is 1.19. The van der Waals surface area contributed by atoms with Crippen LogP contribution < -0.4 is 25.0 Å². The minimum atomic E-state index is -1.17. The molecule has 0 saturated carbocycles. The fraction of sp³-hybridized carbons (Fsp3) is 0.258. The van der Waals surface area contributed by atoms with Crippen LogP contribution in [0.25, 0.3) is 11.1 Å². The van der Waals surface area contributed by atoms with Crippen LogP contribution in [0.15, 0.2) is 59.5 Å². The maximum atomic E-state index is 14.9. The molecule has 2 aromatic heterocycles. The second kappa shape index (κ2) is 12.5. The molecule has 1 saturated heterocycles. The Balaban J connectivity index is 1.43. The number of hydrogen-bond donors (Lipinski definition) is 2. The van der Waals surface area contributed by atoms with Crippen LogP contribution >= 0.6 is 0 Å². The molecule has 0 radical (unpaired) electrons. The lowest BCUT2D eigenvalue weighted by molar-refractivity contribution is -0.111. The van der Waals surface area contributed by atoms with Crippen LogP contribution in [0.5, 0.6) is 11.5 Å². The van der Waals surface area contributed by atoms with Gasteiger partial charge < -0.3 is 34.3 Å². The van der Waals surface area contributed by atoms with Gasteiger partial charge in [-0.3, -0.25) is 9.59 Å². The molecule has 0 unspecified atom stereocenters. The Hall–Kier alpha value is -4.97. The number of fused-ring (bicyclic) bond motifs is 1. The molecule has 2 N–H and O–H groups in total. The molecule has 1 aliphatic heterocycles. The zero-order chi connectivity index (χ0) is 30.7. The number of piperazine rings is 1. The highest BCUT2D eigenvalue weighted by Gasteiger charge is 2.29. The summed E-state index contributed by atoms with van der Waals surface area (Å²) >= 11 is 0. The van der Waals surface area contributed by atoms with Crippen molar-refractivity contribution in [3.8, 4) is 11.5 Å². The Morgan fingerprint density at radius 2 is 1.70 bits per heavy atom. The fourth-order valence-corrected chi connectivity index (χ4v) is 4.90. The third-order valence-corrected chi connectivity index (χ3v) is 7.29. The van der Waals surface area contributed by atoms with Crippen molar-refractivity contribution in [1.82, 2.24) is 9.88 Å². The molecule has 12 heteroatoms. The summed E-state index contributed by atoms with van der Waals surface area (Å²) in [5.41, 5.74) is 1.70. The van der Waals surface area contributed by atoms with E-state index in [0.717, 1.165) is 44.5 Å². The zero-order valence-electron chi connectivity index (χ0n) is 24.0. The van der Waals surface area contributed by atoms with Crippen molar-refractivity contribution >= 4 is 45.7 Å². The number of nitrogens with zero attached hydrogens (tertiary/aromatic N) is 3.